The minimum atomic E-state index is -0.989. The van der Waals surface area contributed by atoms with Crippen LogP contribution in [0.1, 0.15) is 63.5 Å². The predicted octanol–water partition coefficient (Wildman–Crippen LogP) is 4.51. The number of hydrogen-bond donors (Lipinski definition) is 1. The number of benzene rings is 2. The summed E-state index contributed by atoms with van der Waals surface area (Å²) in [6.07, 6.45) is 1.98. The summed E-state index contributed by atoms with van der Waals surface area (Å²) in [5.41, 5.74) is 3.44. The highest BCUT2D eigenvalue weighted by Crippen LogP contribution is 2.30. The molecule has 2 heterocycles. The maximum atomic E-state index is 13.5. The van der Waals surface area contributed by atoms with E-state index >= 15 is 0 Å². The van der Waals surface area contributed by atoms with Gasteiger partial charge in [-0.15, -0.1) is 20.3 Å². The first kappa shape index (κ1) is 33.6. The molecule has 0 radical (unpaired) electrons. The molecular weight excluding hydrogens is 600 g/mol. The first-order valence-electron chi connectivity index (χ1n) is 14.9. The molecule has 2 aromatic heterocycles. The van der Waals surface area contributed by atoms with Crippen LogP contribution < -0.4 is 5.82 Å². The first-order valence-corrected chi connectivity index (χ1v) is 14.9. The number of nitrogens with zero attached hydrogens (tertiary/aromatic N) is 5. The van der Waals surface area contributed by atoms with Crippen molar-refractivity contribution in [2.24, 2.45) is 5.92 Å². The average Bonchev–Trinajstić information content (AvgIpc) is 3.70. The minimum Gasteiger partial charge on any atom is -0.456 e. The Balaban J connectivity index is 1.51. The van der Waals surface area contributed by atoms with Crippen LogP contribution >= 0.6 is 0 Å². The normalized spacial score (nSPS) is 11.7. The summed E-state index contributed by atoms with van der Waals surface area (Å²) in [5.74, 6) is -1.60. The molecule has 15 nitrogen and oxygen atoms in total. The van der Waals surface area contributed by atoms with Gasteiger partial charge < -0.3 is 23.3 Å². The fraction of sp³-hybridized carbons (Fsp3) is 0.419. The Bertz CT molecular complexity index is 1650. The number of ether oxygens (including phenoxy) is 1. The lowest BCUT2D eigenvalue weighted by molar-refractivity contribution is -0.757. The number of carbonyl (C=O) groups excluding carboxylic acids is 2. The molecule has 4 rings (SSSR count). The Morgan fingerprint density at radius 2 is 1.76 bits per heavy atom. The van der Waals surface area contributed by atoms with Crippen molar-refractivity contribution in [2.75, 3.05) is 6.61 Å². The number of rotatable bonds is 17. The van der Waals surface area contributed by atoms with Crippen LogP contribution in [0.15, 0.2) is 62.2 Å². The Kier molecular flexibility index (Phi) is 11.7. The van der Waals surface area contributed by atoms with Crippen LogP contribution in [0.25, 0.3) is 22.5 Å². The Morgan fingerprint density at radius 1 is 1.04 bits per heavy atom. The van der Waals surface area contributed by atoms with Crippen molar-refractivity contribution < 1.29 is 33.1 Å². The number of aromatic amines is 1. The molecule has 0 saturated heterocycles. The van der Waals surface area contributed by atoms with Gasteiger partial charge in [0.25, 0.3) is 5.09 Å². The minimum absolute atomic E-state index is 0.0116. The predicted molar refractivity (Wildman–Crippen MR) is 162 cm³/mol. The van der Waals surface area contributed by atoms with Crippen LogP contribution in [-0.4, -0.2) is 55.1 Å². The van der Waals surface area contributed by atoms with Crippen molar-refractivity contribution in [3.8, 4) is 22.5 Å². The quantitative estimate of drug-likeness (QED) is 0.0738. The van der Waals surface area contributed by atoms with E-state index in [0.29, 0.717) is 12.2 Å². The zero-order valence-corrected chi connectivity index (χ0v) is 25.8. The van der Waals surface area contributed by atoms with E-state index in [0.717, 1.165) is 28.7 Å². The number of nitrogens with one attached hydrogen (secondary N) is 1. The van der Waals surface area contributed by atoms with E-state index in [1.54, 1.807) is 0 Å². The Morgan fingerprint density at radius 3 is 2.41 bits per heavy atom. The summed E-state index contributed by atoms with van der Waals surface area (Å²) in [5, 5.41) is 23.8. The van der Waals surface area contributed by atoms with Crippen LogP contribution in [0.4, 0.5) is 0 Å². The van der Waals surface area contributed by atoms with Gasteiger partial charge in [0.15, 0.2) is 18.1 Å². The fourth-order valence-electron chi connectivity index (χ4n) is 4.99. The molecule has 15 heteroatoms. The fourth-order valence-corrected chi connectivity index (χ4v) is 4.99. The van der Waals surface area contributed by atoms with E-state index in [-0.39, 0.29) is 55.8 Å². The number of unbranched alkanes of at least 4 members (excludes halogenated alkanes) is 1. The van der Waals surface area contributed by atoms with Crippen LogP contribution in [0.3, 0.4) is 0 Å². The van der Waals surface area contributed by atoms with Gasteiger partial charge in [0, 0.05) is 24.9 Å². The molecule has 0 aliphatic carbocycles. The monoisotopic (exact) mass is 636 g/mol. The molecule has 0 fully saturated rings. The largest absolute Gasteiger partial charge is 0.519 e. The topological polar surface area (TPSA) is 197 Å². The van der Waals surface area contributed by atoms with Crippen LogP contribution in [0, 0.1) is 16.0 Å². The molecular formula is C31H36N6O9. The van der Waals surface area contributed by atoms with Gasteiger partial charge in [-0.1, -0.05) is 75.7 Å². The van der Waals surface area contributed by atoms with Crippen LogP contribution in [-0.2, 0) is 38.7 Å². The summed E-state index contributed by atoms with van der Waals surface area (Å²) in [6.45, 7) is 5.17. The van der Waals surface area contributed by atoms with Gasteiger partial charge in [-0.2, -0.15) is 5.21 Å². The van der Waals surface area contributed by atoms with Crippen molar-refractivity contribution in [3.63, 3.8) is 0 Å². The highest BCUT2D eigenvalue weighted by molar-refractivity contribution is 5.85. The molecule has 4 aromatic rings. The van der Waals surface area contributed by atoms with E-state index in [9.17, 15) is 24.5 Å². The highest BCUT2D eigenvalue weighted by Gasteiger charge is 2.34. The lowest BCUT2D eigenvalue weighted by atomic mass is 9.97. The van der Waals surface area contributed by atoms with Gasteiger partial charge in [0.1, 0.15) is 6.04 Å². The van der Waals surface area contributed by atoms with Gasteiger partial charge in [-0.05, 0) is 40.7 Å². The van der Waals surface area contributed by atoms with Crippen molar-refractivity contribution >= 4 is 11.9 Å². The molecule has 1 amide bonds. The standard InChI is InChI=1S/C31H36N6O9/c1-4-5-12-27(38)36(18-21-13-15-22(16-14-21)23-9-6-7-10-24(23)29-32-34-35-33-29)28(20(2)3)30(39)43-19-26-25(45-31(40)46-26)11-8-17-44-37(41)42/h6-7,9-10,13-16,20,28H,4-5,8,11-12,17-19H2,1-3H3,(H,32,33,34,35)/t28-/m0/s1. The number of aryl methyl sites for hydroxylation is 1. The third-order valence-electron chi connectivity index (χ3n) is 7.22. The van der Waals surface area contributed by atoms with Crippen molar-refractivity contribution in [1.29, 1.82) is 0 Å². The third-order valence-corrected chi connectivity index (χ3v) is 7.22. The Labute approximate surface area is 264 Å². The summed E-state index contributed by atoms with van der Waals surface area (Å²) in [4.78, 5) is 55.0. The molecule has 0 bridgehead atoms. The number of hydrogen-bond acceptors (Lipinski definition) is 12. The van der Waals surface area contributed by atoms with Gasteiger partial charge in [0.2, 0.25) is 11.7 Å². The maximum Gasteiger partial charge on any atom is 0.519 e. The van der Waals surface area contributed by atoms with Crippen molar-refractivity contribution in [1.82, 2.24) is 25.5 Å². The zero-order chi connectivity index (χ0) is 33.1. The summed E-state index contributed by atoms with van der Waals surface area (Å²) >= 11 is 0. The molecule has 0 aliphatic heterocycles. The number of carbonyl (C=O) groups is 2. The maximum absolute atomic E-state index is 13.5. The van der Waals surface area contributed by atoms with Crippen LogP contribution in [0.5, 0.6) is 0 Å². The highest BCUT2D eigenvalue weighted by atomic mass is 16.9. The molecule has 0 aliphatic rings. The third kappa shape index (κ3) is 8.86. The van der Waals surface area contributed by atoms with Gasteiger partial charge >= 0.3 is 11.8 Å². The van der Waals surface area contributed by atoms with E-state index in [1.165, 1.54) is 4.90 Å². The summed E-state index contributed by atoms with van der Waals surface area (Å²) < 4.78 is 15.6. The van der Waals surface area contributed by atoms with Crippen molar-refractivity contribution in [2.45, 2.75) is 72.1 Å². The number of tetrazole rings is 1. The average molecular weight is 637 g/mol. The number of aromatic nitrogens is 4. The molecule has 1 atom stereocenters. The van der Waals surface area contributed by atoms with Gasteiger partial charge in [-0.3, -0.25) is 4.79 Å². The Hall–Kier alpha value is -5.34. The van der Waals surface area contributed by atoms with Gasteiger partial charge in [0.05, 0.1) is 6.61 Å². The molecule has 0 saturated carbocycles. The van der Waals surface area contributed by atoms with E-state index < -0.39 is 29.5 Å². The molecule has 46 heavy (non-hydrogen) atoms. The van der Waals surface area contributed by atoms with E-state index in [2.05, 4.69) is 25.5 Å². The lowest BCUT2D eigenvalue weighted by Crippen LogP contribution is -2.48. The second-order valence-corrected chi connectivity index (χ2v) is 10.9. The number of amides is 1. The smallest absolute Gasteiger partial charge is 0.456 e. The molecule has 2 aromatic carbocycles. The number of esters is 1. The van der Waals surface area contributed by atoms with Gasteiger partial charge in [-0.25, -0.2) is 9.59 Å². The molecule has 1 N–H and O–H groups in total. The molecule has 244 valence electrons. The van der Waals surface area contributed by atoms with E-state index in [1.807, 2.05) is 69.3 Å². The second kappa shape index (κ2) is 16.1. The second-order valence-electron chi connectivity index (χ2n) is 10.9. The zero-order valence-electron chi connectivity index (χ0n) is 25.8. The number of H-pyrrole nitrogens is 1. The lowest BCUT2D eigenvalue weighted by Gasteiger charge is -2.33. The van der Waals surface area contributed by atoms with E-state index in [4.69, 9.17) is 13.6 Å². The first-order chi connectivity index (χ1) is 22.2. The molecule has 0 unspecified atom stereocenters. The van der Waals surface area contributed by atoms with Crippen LogP contribution in [0.2, 0.25) is 0 Å². The SMILES string of the molecule is CCCCC(=O)N(Cc1ccc(-c2ccccc2-c2nn[nH]n2)cc1)[C@H](C(=O)OCc1oc(=O)oc1CCCO[N+](=O)[O-])C(C)C. The summed E-state index contributed by atoms with van der Waals surface area (Å²) in [7, 11) is 0. The van der Waals surface area contributed by atoms with Crippen molar-refractivity contribution in [3.05, 3.63) is 86.3 Å². The molecule has 0 spiro atoms. The summed E-state index contributed by atoms with van der Waals surface area (Å²) in [6, 6.07) is 14.4.